The van der Waals surface area contributed by atoms with Gasteiger partial charge in [-0.15, -0.1) is 0 Å². The number of carbonyl (C=O) groups is 1. The van der Waals surface area contributed by atoms with E-state index in [1.54, 1.807) is 25.4 Å². The van der Waals surface area contributed by atoms with E-state index >= 15 is 0 Å². The Bertz CT molecular complexity index is 643. The van der Waals surface area contributed by atoms with Gasteiger partial charge in [-0.25, -0.2) is 4.98 Å². The Hall–Kier alpha value is -2.40. The fraction of sp³-hybridized carbons (Fsp3) is 0.333. The van der Waals surface area contributed by atoms with Gasteiger partial charge in [0.05, 0.1) is 25.4 Å². The normalized spacial score (nSPS) is 17.3. The van der Waals surface area contributed by atoms with Gasteiger partial charge in [-0.2, -0.15) is 0 Å². The summed E-state index contributed by atoms with van der Waals surface area (Å²) in [5.41, 5.74) is 1.73. The molecule has 1 aromatic carbocycles. The van der Waals surface area contributed by atoms with Crippen LogP contribution in [0.4, 0.5) is 0 Å². The Morgan fingerprint density at radius 1 is 1.26 bits per heavy atom. The average molecular weight is 312 g/mol. The fourth-order valence-corrected chi connectivity index (χ4v) is 2.65. The van der Waals surface area contributed by atoms with Gasteiger partial charge in [-0.05, 0) is 18.1 Å². The molecule has 1 unspecified atom stereocenters. The zero-order valence-corrected chi connectivity index (χ0v) is 13.1. The molecule has 0 aliphatic carbocycles. The zero-order chi connectivity index (χ0) is 16.1. The van der Waals surface area contributed by atoms with Crippen LogP contribution < -0.4 is 4.74 Å². The maximum atomic E-state index is 12.5. The molecule has 2 heterocycles. The number of methoxy groups -OCH3 is 1. The second kappa shape index (κ2) is 7.24. The third kappa shape index (κ3) is 3.87. The first-order chi connectivity index (χ1) is 11.3. The van der Waals surface area contributed by atoms with Crippen LogP contribution in [0.15, 0.2) is 48.7 Å². The van der Waals surface area contributed by atoms with Gasteiger partial charge >= 0.3 is 0 Å². The molecule has 0 N–H and O–H groups in total. The number of rotatable bonds is 5. The number of likely N-dealkylation sites (tertiary alicyclic amines) is 1. The van der Waals surface area contributed by atoms with Crippen LogP contribution >= 0.6 is 0 Å². The minimum Gasteiger partial charge on any atom is -0.481 e. The monoisotopic (exact) mass is 312 g/mol. The Morgan fingerprint density at radius 3 is 2.78 bits per heavy atom. The van der Waals surface area contributed by atoms with Crippen molar-refractivity contribution in [1.29, 1.82) is 0 Å². The Balaban J connectivity index is 1.53. The van der Waals surface area contributed by atoms with Crippen LogP contribution in [-0.4, -0.2) is 42.1 Å². The van der Waals surface area contributed by atoms with E-state index in [9.17, 15) is 4.79 Å². The molecule has 23 heavy (non-hydrogen) atoms. The van der Waals surface area contributed by atoms with E-state index in [1.165, 1.54) is 0 Å². The van der Waals surface area contributed by atoms with Crippen LogP contribution in [0.5, 0.6) is 5.88 Å². The Morgan fingerprint density at radius 2 is 2.09 bits per heavy atom. The smallest absolute Gasteiger partial charge is 0.255 e. The predicted octanol–water partition coefficient (Wildman–Crippen LogP) is 2.52. The lowest BCUT2D eigenvalue weighted by atomic mass is 10.2. The van der Waals surface area contributed by atoms with Crippen molar-refractivity contribution >= 4 is 5.91 Å². The molecule has 1 aliphatic heterocycles. The predicted molar refractivity (Wildman–Crippen MR) is 86.3 cm³/mol. The van der Waals surface area contributed by atoms with Crippen molar-refractivity contribution in [2.45, 2.75) is 19.1 Å². The maximum absolute atomic E-state index is 12.5. The number of ether oxygens (including phenoxy) is 2. The lowest BCUT2D eigenvalue weighted by Crippen LogP contribution is -2.30. The highest BCUT2D eigenvalue weighted by Gasteiger charge is 2.27. The lowest BCUT2D eigenvalue weighted by Gasteiger charge is -2.17. The summed E-state index contributed by atoms with van der Waals surface area (Å²) in [5, 5.41) is 0. The van der Waals surface area contributed by atoms with Crippen molar-refractivity contribution in [2.75, 3.05) is 20.2 Å². The van der Waals surface area contributed by atoms with Crippen LogP contribution in [0.1, 0.15) is 22.3 Å². The molecule has 0 saturated carbocycles. The van der Waals surface area contributed by atoms with Crippen molar-refractivity contribution in [3.05, 3.63) is 59.8 Å². The quantitative estimate of drug-likeness (QED) is 0.851. The molecule has 0 bridgehead atoms. The van der Waals surface area contributed by atoms with E-state index in [1.807, 2.05) is 35.2 Å². The maximum Gasteiger partial charge on any atom is 0.255 e. The van der Waals surface area contributed by atoms with Gasteiger partial charge in [0.1, 0.15) is 0 Å². The summed E-state index contributed by atoms with van der Waals surface area (Å²) in [4.78, 5) is 18.4. The number of pyridine rings is 1. The highest BCUT2D eigenvalue weighted by molar-refractivity contribution is 5.94. The molecule has 1 saturated heterocycles. The molecule has 1 aliphatic rings. The highest BCUT2D eigenvalue weighted by atomic mass is 16.5. The number of aromatic nitrogens is 1. The van der Waals surface area contributed by atoms with E-state index in [2.05, 4.69) is 4.98 Å². The number of amides is 1. The van der Waals surface area contributed by atoms with Crippen LogP contribution in [0, 0.1) is 0 Å². The van der Waals surface area contributed by atoms with Crippen molar-refractivity contribution in [3.63, 3.8) is 0 Å². The van der Waals surface area contributed by atoms with Gasteiger partial charge < -0.3 is 14.4 Å². The number of carbonyl (C=O) groups excluding carboxylic acids is 1. The zero-order valence-electron chi connectivity index (χ0n) is 13.1. The van der Waals surface area contributed by atoms with E-state index in [-0.39, 0.29) is 12.0 Å². The minimum atomic E-state index is -0.00837. The summed E-state index contributed by atoms with van der Waals surface area (Å²) >= 11 is 0. The fourth-order valence-electron chi connectivity index (χ4n) is 2.65. The molecule has 0 spiro atoms. The van der Waals surface area contributed by atoms with E-state index in [0.717, 1.165) is 12.0 Å². The van der Waals surface area contributed by atoms with Crippen molar-refractivity contribution in [2.24, 2.45) is 0 Å². The van der Waals surface area contributed by atoms with Gasteiger partial charge in [0, 0.05) is 25.4 Å². The first-order valence-corrected chi connectivity index (χ1v) is 7.71. The molecule has 3 rings (SSSR count). The molecular weight excluding hydrogens is 292 g/mol. The molecular formula is C18H20N2O3. The van der Waals surface area contributed by atoms with Gasteiger partial charge in [-0.3, -0.25) is 4.79 Å². The van der Waals surface area contributed by atoms with Crippen molar-refractivity contribution in [1.82, 2.24) is 9.88 Å². The van der Waals surface area contributed by atoms with Crippen LogP contribution in [0.25, 0.3) is 0 Å². The third-order valence-electron chi connectivity index (χ3n) is 3.95. The topological polar surface area (TPSA) is 51.7 Å². The molecule has 1 atom stereocenters. The van der Waals surface area contributed by atoms with Crippen molar-refractivity contribution < 1.29 is 14.3 Å². The summed E-state index contributed by atoms with van der Waals surface area (Å²) in [7, 11) is 1.55. The molecule has 120 valence electrons. The molecule has 5 heteroatoms. The van der Waals surface area contributed by atoms with E-state index < -0.39 is 0 Å². The average Bonchev–Trinajstić information content (AvgIpc) is 3.09. The van der Waals surface area contributed by atoms with Gasteiger partial charge in [0.25, 0.3) is 5.91 Å². The van der Waals surface area contributed by atoms with Crippen molar-refractivity contribution in [3.8, 4) is 5.88 Å². The van der Waals surface area contributed by atoms with Crippen LogP contribution in [0.3, 0.4) is 0 Å². The van der Waals surface area contributed by atoms with Crippen LogP contribution in [0.2, 0.25) is 0 Å². The summed E-state index contributed by atoms with van der Waals surface area (Å²) in [6.07, 6.45) is 2.51. The molecule has 1 fully saturated rings. The summed E-state index contributed by atoms with van der Waals surface area (Å²) in [6.45, 7) is 1.92. The molecule has 1 amide bonds. The largest absolute Gasteiger partial charge is 0.481 e. The van der Waals surface area contributed by atoms with E-state index in [4.69, 9.17) is 9.47 Å². The molecule has 2 aromatic rings. The first-order valence-electron chi connectivity index (χ1n) is 7.71. The Labute approximate surface area is 135 Å². The summed E-state index contributed by atoms with van der Waals surface area (Å²) in [6, 6.07) is 13.5. The molecule has 5 nitrogen and oxygen atoms in total. The lowest BCUT2D eigenvalue weighted by molar-refractivity contribution is 0.0437. The second-order valence-electron chi connectivity index (χ2n) is 5.55. The minimum absolute atomic E-state index is 0.00837. The standard InChI is InChI=1S/C18H20N2O3/c1-22-17-8-7-15(11-19-17)18(21)20-10-9-16(12-20)23-13-14-5-3-2-4-6-14/h2-8,11,16H,9-10,12-13H2,1H3. The van der Waals surface area contributed by atoms with E-state index in [0.29, 0.717) is 31.1 Å². The molecule has 0 radical (unpaired) electrons. The number of hydrogen-bond acceptors (Lipinski definition) is 4. The SMILES string of the molecule is COc1ccc(C(=O)N2CCC(OCc3ccccc3)C2)cn1. The third-order valence-corrected chi connectivity index (χ3v) is 3.95. The highest BCUT2D eigenvalue weighted by Crippen LogP contribution is 2.18. The van der Waals surface area contributed by atoms with Crippen LogP contribution in [-0.2, 0) is 11.3 Å². The number of hydrogen-bond donors (Lipinski definition) is 0. The first kappa shape index (κ1) is 15.5. The van der Waals surface area contributed by atoms with Gasteiger partial charge in [0.2, 0.25) is 5.88 Å². The Kier molecular flexibility index (Phi) is 4.88. The molecule has 1 aromatic heterocycles. The summed E-state index contributed by atoms with van der Waals surface area (Å²) < 4.78 is 10.9. The number of benzene rings is 1. The second-order valence-corrected chi connectivity index (χ2v) is 5.55. The van der Waals surface area contributed by atoms with Gasteiger partial charge in [-0.1, -0.05) is 30.3 Å². The van der Waals surface area contributed by atoms with Gasteiger partial charge in [0.15, 0.2) is 0 Å². The summed E-state index contributed by atoms with van der Waals surface area (Å²) in [5.74, 6) is 0.498. The number of nitrogens with zero attached hydrogens (tertiary/aromatic N) is 2.